The summed E-state index contributed by atoms with van der Waals surface area (Å²) in [5.41, 5.74) is 2.83. The molecule has 2 aromatic carbocycles. The fourth-order valence-corrected chi connectivity index (χ4v) is 4.47. The fourth-order valence-electron chi connectivity index (χ4n) is 3.40. The minimum Gasteiger partial charge on any atom is -0.352 e. The van der Waals surface area contributed by atoms with Gasteiger partial charge < -0.3 is 10.2 Å². The third-order valence-electron chi connectivity index (χ3n) is 5.32. The molecule has 0 fully saturated rings. The van der Waals surface area contributed by atoms with Crippen molar-refractivity contribution in [2.24, 2.45) is 0 Å². The summed E-state index contributed by atoms with van der Waals surface area (Å²) >= 11 is 6.11. The van der Waals surface area contributed by atoms with Crippen LogP contribution in [0, 0.1) is 13.8 Å². The molecule has 1 unspecified atom stereocenters. The lowest BCUT2D eigenvalue weighted by Crippen LogP contribution is -2.52. The number of aryl methyl sites for hydroxylation is 2. The summed E-state index contributed by atoms with van der Waals surface area (Å²) in [6.07, 6.45) is 1.04. The van der Waals surface area contributed by atoms with E-state index < -0.39 is 28.5 Å². The van der Waals surface area contributed by atoms with Crippen LogP contribution in [0.5, 0.6) is 0 Å². The highest BCUT2D eigenvalue weighted by Crippen LogP contribution is 2.27. The molecule has 7 nitrogen and oxygen atoms in total. The third kappa shape index (κ3) is 7.20. The van der Waals surface area contributed by atoms with Crippen molar-refractivity contribution in [3.63, 3.8) is 0 Å². The number of amides is 2. The van der Waals surface area contributed by atoms with Gasteiger partial charge in [-0.3, -0.25) is 13.9 Å². The lowest BCUT2D eigenvalue weighted by atomic mass is 10.1. The average molecular weight is 494 g/mol. The smallest absolute Gasteiger partial charge is 0.244 e. The predicted molar refractivity (Wildman–Crippen MR) is 133 cm³/mol. The summed E-state index contributed by atoms with van der Waals surface area (Å²) < 4.78 is 26.3. The van der Waals surface area contributed by atoms with Crippen molar-refractivity contribution in [1.29, 1.82) is 0 Å². The van der Waals surface area contributed by atoms with Gasteiger partial charge in [0.05, 0.1) is 11.9 Å². The molecule has 0 heterocycles. The molecule has 2 aromatic rings. The Morgan fingerprint density at radius 1 is 1.03 bits per heavy atom. The molecule has 2 amide bonds. The molecule has 0 bridgehead atoms. The van der Waals surface area contributed by atoms with Gasteiger partial charge in [-0.2, -0.15) is 0 Å². The van der Waals surface area contributed by atoms with E-state index in [0.717, 1.165) is 21.7 Å². The maximum Gasteiger partial charge on any atom is 0.244 e. The second kappa shape index (κ2) is 11.0. The van der Waals surface area contributed by atoms with Crippen LogP contribution in [0.4, 0.5) is 5.69 Å². The lowest BCUT2D eigenvalue weighted by Gasteiger charge is -2.32. The van der Waals surface area contributed by atoms with Crippen molar-refractivity contribution in [3.05, 3.63) is 64.2 Å². The van der Waals surface area contributed by atoms with Gasteiger partial charge in [0, 0.05) is 17.6 Å². The van der Waals surface area contributed by atoms with E-state index in [2.05, 4.69) is 5.32 Å². The Bertz CT molecular complexity index is 1120. The number of hydrogen-bond donors (Lipinski definition) is 1. The van der Waals surface area contributed by atoms with E-state index in [1.165, 1.54) is 11.0 Å². The van der Waals surface area contributed by atoms with E-state index in [4.69, 9.17) is 11.6 Å². The Balaban J connectivity index is 2.45. The number of benzene rings is 2. The minimum atomic E-state index is -3.81. The number of carbonyl (C=O) groups is 2. The van der Waals surface area contributed by atoms with E-state index in [-0.39, 0.29) is 18.5 Å². The molecule has 0 spiro atoms. The average Bonchev–Trinajstić information content (AvgIpc) is 2.71. The molecule has 0 saturated heterocycles. The molecule has 9 heteroatoms. The van der Waals surface area contributed by atoms with Crippen molar-refractivity contribution in [2.45, 2.75) is 53.2 Å². The van der Waals surface area contributed by atoms with Gasteiger partial charge in [0.2, 0.25) is 21.8 Å². The second-order valence-corrected chi connectivity index (χ2v) is 10.8. The number of carbonyl (C=O) groups excluding carboxylic acids is 2. The minimum absolute atomic E-state index is 0.100. The first-order chi connectivity index (χ1) is 15.3. The van der Waals surface area contributed by atoms with Crippen LogP contribution in [0.15, 0.2) is 42.5 Å². The molecule has 33 heavy (non-hydrogen) atoms. The molecule has 0 aliphatic carbocycles. The van der Waals surface area contributed by atoms with Crippen molar-refractivity contribution >= 4 is 39.1 Å². The summed E-state index contributed by atoms with van der Waals surface area (Å²) in [5.74, 6) is -0.800. The van der Waals surface area contributed by atoms with E-state index in [1.807, 2.05) is 45.0 Å². The van der Waals surface area contributed by atoms with Crippen molar-refractivity contribution in [1.82, 2.24) is 10.2 Å². The SMILES string of the molecule is Cc1ccccc1CN(C(=O)CN(c1cc(Cl)ccc1C)S(C)(=O)=O)C(C)C(=O)NC(C)C. The first-order valence-electron chi connectivity index (χ1n) is 10.7. The molecule has 0 aromatic heterocycles. The molecule has 1 atom stereocenters. The van der Waals surface area contributed by atoms with Crippen LogP contribution in [0.25, 0.3) is 0 Å². The number of anilines is 1. The monoisotopic (exact) mass is 493 g/mol. The van der Waals surface area contributed by atoms with E-state index in [0.29, 0.717) is 16.3 Å². The summed E-state index contributed by atoms with van der Waals surface area (Å²) in [5, 5.41) is 3.19. The topological polar surface area (TPSA) is 86.8 Å². The quantitative estimate of drug-likeness (QED) is 0.577. The third-order valence-corrected chi connectivity index (χ3v) is 6.68. The Kier molecular flexibility index (Phi) is 8.91. The number of rotatable bonds is 9. The van der Waals surface area contributed by atoms with Crippen LogP contribution >= 0.6 is 11.6 Å². The zero-order valence-corrected chi connectivity index (χ0v) is 21.5. The summed E-state index contributed by atoms with van der Waals surface area (Å²) in [6, 6.07) is 11.5. The normalized spacial score (nSPS) is 12.4. The predicted octanol–water partition coefficient (Wildman–Crippen LogP) is 3.66. The van der Waals surface area contributed by atoms with Crippen molar-refractivity contribution in [3.8, 4) is 0 Å². The zero-order chi connectivity index (χ0) is 24.9. The van der Waals surface area contributed by atoms with Gasteiger partial charge in [0.1, 0.15) is 12.6 Å². The molecular weight excluding hydrogens is 462 g/mol. The van der Waals surface area contributed by atoms with Gasteiger partial charge >= 0.3 is 0 Å². The lowest BCUT2D eigenvalue weighted by molar-refractivity contribution is -0.139. The summed E-state index contributed by atoms with van der Waals surface area (Å²) in [6.45, 7) is 8.71. The summed E-state index contributed by atoms with van der Waals surface area (Å²) in [7, 11) is -3.81. The number of nitrogens with one attached hydrogen (secondary N) is 1. The molecule has 2 rings (SSSR count). The molecule has 0 aliphatic rings. The highest BCUT2D eigenvalue weighted by Gasteiger charge is 2.31. The van der Waals surface area contributed by atoms with Crippen molar-refractivity contribution < 1.29 is 18.0 Å². The van der Waals surface area contributed by atoms with Crippen LogP contribution in [0.3, 0.4) is 0 Å². The standard InChI is InChI=1S/C24H32ClN3O4S/c1-16(2)26-24(30)19(5)27(14-20-10-8-7-9-17(20)3)23(29)15-28(33(6,31)32)22-13-21(25)12-11-18(22)4/h7-13,16,19H,14-15H2,1-6H3,(H,26,30). The van der Waals surface area contributed by atoms with E-state index >= 15 is 0 Å². The van der Waals surface area contributed by atoms with Gasteiger partial charge in [-0.1, -0.05) is 41.9 Å². The van der Waals surface area contributed by atoms with Crippen LogP contribution < -0.4 is 9.62 Å². The maximum absolute atomic E-state index is 13.5. The first kappa shape index (κ1) is 26.7. The van der Waals surface area contributed by atoms with E-state index in [1.54, 1.807) is 26.0 Å². The maximum atomic E-state index is 13.5. The first-order valence-corrected chi connectivity index (χ1v) is 12.9. The van der Waals surface area contributed by atoms with Gasteiger partial charge in [-0.25, -0.2) is 8.42 Å². The highest BCUT2D eigenvalue weighted by molar-refractivity contribution is 7.92. The fraction of sp³-hybridized carbons (Fsp3) is 0.417. The van der Waals surface area contributed by atoms with Crippen molar-refractivity contribution in [2.75, 3.05) is 17.1 Å². The molecule has 0 saturated carbocycles. The Morgan fingerprint density at radius 3 is 2.24 bits per heavy atom. The van der Waals surface area contributed by atoms with Crippen LogP contribution in [0.1, 0.15) is 37.5 Å². The highest BCUT2D eigenvalue weighted by atomic mass is 35.5. The molecule has 180 valence electrons. The van der Waals surface area contributed by atoms with Gasteiger partial charge in [0.25, 0.3) is 0 Å². The molecular formula is C24H32ClN3O4S. The zero-order valence-electron chi connectivity index (χ0n) is 19.9. The van der Waals surface area contributed by atoms with Gasteiger partial charge in [0.15, 0.2) is 0 Å². The van der Waals surface area contributed by atoms with E-state index in [9.17, 15) is 18.0 Å². The molecule has 0 aliphatic heterocycles. The Labute approximate surface area is 201 Å². The van der Waals surface area contributed by atoms with Crippen LogP contribution in [-0.4, -0.2) is 50.0 Å². The summed E-state index contributed by atoms with van der Waals surface area (Å²) in [4.78, 5) is 27.7. The number of sulfonamides is 1. The number of nitrogens with zero attached hydrogens (tertiary/aromatic N) is 2. The van der Waals surface area contributed by atoms with Gasteiger partial charge in [-0.15, -0.1) is 0 Å². The molecule has 1 N–H and O–H groups in total. The Morgan fingerprint density at radius 2 is 1.67 bits per heavy atom. The second-order valence-electron chi connectivity index (χ2n) is 8.49. The largest absolute Gasteiger partial charge is 0.352 e. The molecule has 0 radical (unpaired) electrons. The number of hydrogen-bond acceptors (Lipinski definition) is 4. The Hall–Kier alpha value is -2.58. The van der Waals surface area contributed by atoms with Gasteiger partial charge in [-0.05, 0) is 63.4 Å². The van der Waals surface area contributed by atoms with Crippen LogP contribution in [-0.2, 0) is 26.2 Å². The number of halogens is 1. The van der Waals surface area contributed by atoms with Crippen LogP contribution in [0.2, 0.25) is 5.02 Å².